The molecule has 0 fully saturated rings. The molecule has 1 atom stereocenters. The van der Waals surface area contributed by atoms with Crippen molar-refractivity contribution in [3.63, 3.8) is 0 Å². The first kappa shape index (κ1) is 35.5. The van der Waals surface area contributed by atoms with Crippen LogP contribution in [0.5, 0.6) is 0 Å². The second-order valence-electron chi connectivity index (χ2n) is 17.4. The highest BCUT2D eigenvalue weighted by Gasteiger charge is 2.41. The van der Waals surface area contributed by atoms with E-state index in [-0.39, 0.29) is 10.8 Å². The van der Waals surface area contributed by atoms with E-state index in [0.717, 1.165) is 33.5 Å². The van der Waals surface area contributed by atoms with Crippen LogP contribution in [0.1, 0.15) is 48.6 Å². The maximum Gasteiger partial charge on any atom is 0.161 e. The Morgan fingerprint density at radius 3 is 1.75 bits per heavy atom. The first-order chi connectivity index (χ1) is 29.9. The molecule has 2 aliphatic rings. The third-order valence-corrected chi connectivity index (χ3v) is 13.8. The summed E-state index contributed by atoms with van der Waals surface area (Å²) in [6, 6.07) is 73.0. The zero-order valence-corrected chi connectivity index (χ0v) is 34.4. The predicted octanol–water partition coefficient (Wildman–Crippen LogP) is 15.1. The molecular formula is C59H42N2. The highest BCUT2D eigenvalue weighted by molar-refractivity contribution is 6.08. The number of hydrogen-bond acceptors (Lipinski definition) is 2. The molecule has 2 aliphatic carbocycles. The number of rotatable bonds is 5. The lowest BCUT2D eigenvalue weighted by Gasteiger charge is -2.28. The molecule has 0 aliphatic heterocycles. The molecule has 12 rings (SSSR count). The van der Waals surface area contributed by atoms with E-state index in [0.29, 0.717) is 5.82 Å². The van der Waals surface area contributed by atoms with Crippen LogP contribution in [0.3, 0.4) is 0 Å². The second-order valence-corrected chi connectivity index (χ2v) is 17.4. The lowest BCUT2D eigenvalue weighted by molar-refractivity contribution is 0.662. The van der Waals surface area contributed by atoms with Crippen molar-refractivity contribution in [2.45, 2.75) is 31.6 Å². The third-order valence-electron chi connectivity index (χ3n) is 13.8. The largest absolute Gasteiger partial charge is 0.228 e. The highest BCUT2D eigenvalue weighted by Crippen LogP contribution is 2.56. The van der Waals surface area contributed by atoms with Gasteiger partial charge in [0, 0.05) is 27.5 Å². The molecule has 2 nitrogen and oxygen atoms in total. The van der Waals surface area contributed by atoms with Gasteiger partial charge in [-0.25, -0.2) is 9.97 Å². The summed E-state index contributed by atoms with van der Waals surface area (Å²) in [7, 11) is 0. The Morgan fingerprint density at radius 2 is 0.951 bits per heavy atom. The van der Waals surface area contributed by atoms with Crippen molar-refractivity contribution in [3.8, 4) is 67.3 Å². The molecule has 0 spiro atoms. The van der Waals surface area contributed by atoms with Gasteiger partial charge in [-0.05, 0) is 108 Å². The maximum absolute atomic E-state index is 5.45. The minimum absolute atomic E-state index is 0.179. The summed E-state index contributed by atoms with van der Waals surface area (Å²) >= 11 is 0. The molecule has 9 aromatic carbocycles. The Balaban J connectivity index is 1.04. The fraction of sp³-hybridized carbons (Fsp3) is 0.0847. The van der Waals surface area contributed by atoms with Crippen molar-refractivity contribution in [2.75, 3.05) is 0 Å². The molecule has 0 saturated carbocycles. The van der Waals surface area contributed by atoms with Crippen molar-refractivity contribution in [1.29, 1.82) is 0 Å². The van der Waals surface area contributed by atoms with Crippen LogP contribution >= 0.6 is 0 Å². The molecule has 1 heterocycles. The van der Waals surface area contributed by atoms with Crippen LogP contribution < -0.4 is 0 Å². The second kappa shape index (κ2) is 13.3. The maximum atomic E-state index is 5.45. The smallest absolute Gasteiger partial charge is 0.161 e. The first-order valence-electron chi connectivity index (χ1n) is 21.3. The topological polar surface area (TPSA) is 25.8 Å². The quantitative estimate of drug-likeness (QED) is 0.174. The molecule has 0 saturated heterocycles. The molecule has 2 heteroatoms. The van der Waals surface area contributed by atoms with Gasteiger partial charge >= 0.3 is 0 Å². The van der Waals surface area contributed by atoms with Gasteiger partial charge in [-0.3, -0.25) is 0 Å². The SMILES string of the molecule is CC1(C)c2ccc3ccccc3c2-c2cccc(-c3ccc(-c4nc(-c5ccccc5)cc(-c5ccc6c(c5)-c5ccccc5C6(C)c5ccccc5)n4)c4ccccc34)c21. The molecule has 61 heavy (non-hydrogen) atoms. The Kier molecular flexibility index (Phi) is 7.74. The lowest BCUT2D eigenvalue weighted by Crippen LogP contribution is -2.22. The number of nitrogens with zero attached hydrogens (tertiary/aromatic N) is 2. The van der Waals surface area contributed by atoms with Gasteiger partial charge in [0.2, 0.25) is 0 Å². The zero-order valence-electron chi connectivity index (χ0n) is 34.4. The summed E-state index contributed by atoms with van der Waals surface area (Å²) in [4.78, 5) is 10.8. The normalized spacial score (nSPS) is 15.7. The molecular weight excluding hydrogens is 737 g/mol. The lowest BCUT2D eigenvalue weighted by atomic mass is 9.74. The Labute approximate surface area is 356 Å². The summed E-state index contributed by atoms with van der Waals surface area (Å²) in [6.07, 6.45) is 0. The first-order valence-corrected chi connectivity index (χ1v) is 21.3. The van der Waals surface area contributed by atoms with Crippen LogP contribution in [0.15, 0.2) is 200 Å². The molecule has 0 N–H and O–H groups in total. The number of aromatic nitrogens is 2. The van der Waals surface area contributed by atoms with Gasteiger partial charge in [0.05, 0.1) is 11.4 Å². The van der Waals surface area contributed by atoms with Crippen molar-refractivity contribution in [3.05, 3.63) is 228 Å². The van der Waals surface area contributed by atoms with Crippen molar-refractivity contribution >= 4 is 21.5 Å². The fourth-order valence-electron chi connectivity index (χ4n) is 10.8. The highest BCUT2D eigenvalue weighted by atomic mass is 14.9. The third kappa shape index (κ3) is 5.22. The van der Waals surface area contributed by atoms with E-state index in [2.05, 4.69) is 221 Å². The Hall–Kier alpha value is -7.42. The predicted molar refractivity (Wildman–Crippen MR) is 254 cm³/mol. The van der Waals surface area contributed by atoms with Gasteiger partial charge in [0.1, 0.15) is 0 Å². The summed E-state index contributed by atoms with van der Waals surface area (Å²) in [5.74, 6) is 0.714. The summed E-state index contributed by atoms with van der Waals surface area (Å²) in [6.45, 7) is 7.14. The molecule has 0 amide bonds. The van der Waals surface area contributed by atoms with Crippen LogP contribution in [0.2, 0.25) is 0 Å². The van der Waals surface area contributed by atoms with E-state index >= 15 is 0 Å². The fourth-order valence-corrected chi connectivity index (χ4v) is 10.8. The van der Waals surface area contributed by atoms with Crippen LogP contribution in [0.25, 0.3) is 88.8 Å². The van der Waals surface area contributed by atoms with E-state index < -0.39 is 0 Å². The molecule has 0 radical (unpaired) electrons. The average molecular weight is 779 g/mol. The van der Waals surface area contributed by atoms with Gasteiger partial charge < -0.3 is 0 Å². The van der Waals surface area contributed by atoms with E-state index in [1.807, 2.05) is 0 Å². The van der Waals surface area contributed by atoms with Crippen LogP contribution in [0, 0.1) is 0 Å². The van der Waals surface area contributed by atoms with E-state index in [9.17, 15) is 0 Å². The van der Waals surface area contributed by atoms with E-state index in [4.69, 9.17) is 9.97 Å². The van der Waals surface area contributed by atoms with Crippen LogP contribution in [-0.2, 0) is 10.8 Å². The monoisotopic (exact) mass is 778 g/mol. The van der Waals surface area contributed by atoms with Crippen LogP contribution in [0.4, 0.5) is 0 Å². The van der Waals surface area contributed by atoms with E-state index in [1.165, 1.54) is 77.4 Å². The van der Waals surface area contributed by atoms with Crippen LogP contribution in [-0.4, -0.2) is 9.97 Å². The Morgan fingerprint density at radius 1 is 0.361 bits per heavy atom. The average Bonchev–Trinajstić information content (AvgIpc) is 3.73. The zero-order chi connectivity index (χ0) is 40.9. The number of fused-ring (bicyclic) bond motifs is 9. The molecule has 1 aromatic heterocycles. The van der Waals surface area contributed by atoms with Crippen molar-refractivity contribution < 1.29 is 0 Å². The van der Waals surface area contributed by atoms with Gasteiger partial charge in [-0.1, -0.05) is 196 Å². The van der Waals surface area contributed by atoms with Crippen molar-refractivity contribution in [1.82, 2.24) is 9.97 Å². The molecule has 0 bridgehead atoms. The van der Waals surface area contributed by atoms with Gasteiger partial charge in [-0.2, -0.15) is 0 Å². The van der Waals surface area contributed by atoms with E-state index in [1.54, 1.807) is 0 Å². The molecule has 1 unspecified atom stereocenters. The minimum Gasteiger partial charge on any atom is -0.228 e. The summed E-state index contributed by atoms with van der Waals surface area (Å²) in [5.41, 5.74) is 18.9. The minimum atomic E-state index is -0.261. The van der Waals surface area contributed by atoms with Gasteiger partial charge in [0.25, 0.3) is 0 Å². The molecule has 288 valence electrons. The standard InChI is InChI=1S/C59H42N2/c1-58(2)52-34-29-37-17-10-11-22-41(37)55(52)48-27-16-26-46(56(48)58)44-31-32-47(43-24-13-12-23-42(43)44)57-60-53(38-18-6-4-7-19-38)36-54(61-57)39-30-33-51-49(35-39)45-25-14-15-28-50(45)59(51,3)40-20-8-5-9-21-40/h4-36H,1-3H3. The van der Waals surface area contributed by atoms with Gasteiger partial charge in [0.15, 0.2) is 5.82 Å². The van der Waals surface area contributed by atoms with Crippen molar-refractivity contribution in [2.24, 2.45) is 0 Å². The van der Waals surface area contributed by atoms with Gasteiger partial charge in [-0.15, -0.1) is 0 Å². The molecule has 10 aromatic rings. The number of hydrogen-bond donors (Lipinski definition) is 0. The number of benzene rings is 9. The Bertz CT molecular complexity index is 3400. The summed E-state index contributed by atoms with van der Waals surface area (Å²) in [5, 5.41) is 4.91. The summed E-state index contributed by atoms with van der Waals surface area (Å²) < 4.78 is 0.